The van der Waals surface area contributed by atoms with Crippen molar-refractivity contribution < 1.29 is 4.74 Å². The Hall–Kier alpha value is -0.0500. The standard InChI is InChI=1S/C10H14Cl2OS/c1-14(11,12)9-5-8-13-10-6-3-2-4-7-10/h2-4,6-7H,5,8-9H2,1H3. The van der Waals surface area contributed by atoms with E-state index in [-0.39, 0.29) is 0 Å². The molecule has 4 heteroatoms. The van der Waals surface area contributed by atoms with Crippen molar-refractivity contribution >= 4 is 29.8 Å². The molecule has 0 unspecified atom stereocenters. The monoisotopic (exact) mass is 252 g/mol. The number of para-hydroxylation sites is 1. The number of benzene rings is 1. The molecular formula is C10H14Cl2OS. The first-order valence-electron chi connectivity index (χ1n) is 4.41. The van der Waals surface area contributed by atoms with Crippen molar-refractivity contribution in [1.29, 1.82) is 0 Å². The summed E-state index contributed by atoms with van der Waals surface area (Å²) in [6.07, 6.45) is 2.77. The average molecular weight is 253 g/mol. The highest BCUT2D eigenvalue weighted by molar-refractivity contribution is 8.65. The van der Waals surface area contributed by atoms with E-state index in [1.54, 1.807) is 0 Å². The lowest BCUT2D eigenvalue weighted by Crippen LogP contribution is -2.00. The van der Waals surface area contributed by atoms with Crippen molar-refractivity contribution in [1.82, 2.24) is 0 Å². The Morgan fingerprint density at radius 3 is 2.43 bits per heavy atom. The summed E-state index contributed by atoms with van der Waals surface area (Å²) in [6, 6.07) is 9.74. The van der Waals surface area contributed by atoms with E-state index in [9.17, 15) is 0 Å². The maximum Gasteiger partial charge on any atom is 0.119 e. The molecule has 1 aromatic carbocycles. The highest BCUT2D eigenvalue weighted by atomic mass is 36.0. The maximum atomic E-state index is 5.91. The summed E-state index contributed by atoms with van der Waals surface area (Å²) in [7, 11) is 10.4. The zero-order valence-corrected chi connectivity index (χ0v) is 10.4. The molecule has 0 spiro atoms. The molecule has 0 amide bonds. The van der Waals surface area contributed by atoms with Crippen LogP contribution in [0.2, 0.25) is 0 Å². The van der Waals surface area contributed by atoms with E-state index in [4.69, 9.17) is 26.1 Å². The minimum Gasteiger partial charge on any atom is -0.494 e. The van der Waals surface area contributed by atoms with Gasteiger partial charge in [0.1, 0.15) is 5.75 Å². The quantitative estimate of drug-likeness (QED) is 0.714. The molecular weight excluding hydrogens is 239 g/mol. The summed E-state index contributed by atoms with van der Waals surface area (Å²) in [6.45, 7) is 0.673. The summed E-state index contributed by atoms with van der Waals surface area (Å²) >= 11 is 0. The third-order valence-electron chi connectivity index (χ3n) is 1.66. The van der Waals surface area contributed by atoms with E-state index in [0.717, 1.165) is 17.9 Å². The molecule has 0 atom stereocenters. The third kappa shape index (κ3) is 5.63. The number of rotatable bonds is 5. The van der Waals surface area contributed by atoms with Crippen LogP contribution in [0.25, 0.3) is 0 Å². The second-order valence-electron chi connectivity index (χ2n) is 3.09. The highest BCUT2D eigenvalue weighted by Gasteiger charge is 2.08. The number of hydrogen-bond donors (Lipinski definition) is 0. The number of hydrogen-bond acceptors (Lipinski definition) is 1. The summed E-state index contributed by atoms with van der Waals surface area (Å²) in [5.41, 5.74) is 0. The second-order valence-corrected chi connectivity index (χ2v) is 9.81. The number of ether oxygens (including phenoxy) is 1. The minimum atomic E-state index is -1.41. The van der Waals surface area contributed by atoms with Gasteiger partial charge in [-0.05, 0) is 24.8 Å². The van der Waals surface area contributed by atoms with Crippen LogP contribution in [0.3, 0.4) is 0 Å². The van der Waals surface area contributed by atoms with Crippen molar-refractivity contribution in [2.45, 2.75) is 6.42 Å². The Bertz CT molecular complexity index is 259. The summed E-state index contributed by atoms with van der Waals surface area (Å²) in [5.74, 6) is 1.72. The number of halogens is 2. The van der Waals surface area contributed by atoms with Crippen LogP contribution in [0.1, 0.15) is 6.42 Å². The Balaban J connectivity index is 2.17. The van der Waals surface area contributed by atoms with Gasteiger partial charge in [-0.1, -0.05) is 48.0 Å². The molecule has 80 valence electrons. The fourth-order valence-electron chi connectivity index (χ4n) is 1.02. The van der Waals surface area contributed by atoms with Gasteiger partial charge in [0.05, 0.1) is 6.61 Å². The minimum absolute atomic E-state index is 0.673. The Kier molecular flexibility index (Phi) is 4.93. The van der Waals surface area contributed by atoms with Crippen LogP contribution < -0.4 is 4.74 Å². The molecule has 14 heavy (non-hydrogen) atoms. The predicted octanol–water partition coefficient (Wildman–Crippen LogP) is 4.20. The van der Waals surface area contributed by atoms with Gasteiger partial charge in [-0.15, -0.1) is 0 Å². The van der Waals surface area contributed by atoms with E-state index in [2.05, 4.69) is 0 Å². The molecule has 0 aromatic heterocycles. The molecule has 0 saturated carbocycles. The fraction of sp³-hybridized carbons (Fsp3) is 0.400. The zero-order chi connectivity index (χ0) is 10.4. The van der Waals surface area contributed by atoms with Crippen LogP contribution in [0.5, 0.6) is 5.75 Å². The Morgan fingerprint density at radius 2 is 1.86 bits per heavy atom. The Morgan fingerprint density at radius 1 is 1.21 bits per heavy atom. The topological polar surface area (TPSA) is 9.23 Å². The van der Waals surface area contributed by atoms with Gasteiger partial charge in [-0.2, -0.15) is 0 Å². The van der Waals surface area contributed by atoms with Crippen molar-refractivity contribution in [2.75, 3.05) is 18.6 Å². The van der Waals surface area contributed by atoms with Crippen LogP contribution in [0, 0.1) is 0 Å². The lowest BCUT2D eigenvalue weighted by Gasteiger charge is -2.17. The van der Waals surface area contributed by atoms with E-state index >= 15 is 0 Å². The summed E-state index contributed by atoms with van der Waals surface area (Å²) < 4.78 is 5.50. The van der Waals surface area contributed by atoms with Gasteiger partial charge in [0.15, 0.2) is 0 Å². The van der Waals surface area contributed by atoms with Crippen molar-refractivity contribution in [3.8, 4) is 5.75 Å². The van der Waals surface area contributed by atoms with E-state index in [0.29, 0.717) is 6.61 Å². The zero-order valence-electron chi connectivity index (χ0n) is 8.08. The van der Waals surface area contributed by atoms with Crippen molar-refractivity contribution in [2.24, 2.45) is 0 Å². The SMILES string of the molecule is CS(Cl)(Cl)CCCOc1ccccc1. The van der Waals surface area contributed by atoms with Crippen LogP contribution in [0.15, 0.2) is 30.3 Å². The molecule has 0 aliphatic carbocycles. The van der Waals surface area contributed by atoms with Crippen molar-refractivity contribution in [3.63, 3.8) is 0 Å². The smallest absolute Gasteiger partial charge is 0.119 e. The third-order valence-corrected chi connectivity index (χ3v) is 3.59. The lowest BCUT2D eigenvalue weighted by molar-refractivity contribution is 0.318. The fourth-order valence-corrected chi connectivity index (χ4v) is 2.30. The van der Waals surface area contributed by atoms with E-state index in [1.807, 2.05) is 36.6 Å². The molecule has 0 aliphatic heterocycles. The van der Waals surface area contributed by atoms with Crippen LogP contribution in [0.4, 0.5) is 0 Å². The van der Waals surface area contributed by atoms with Gasteiger partial charge in [-0.25, -0.2) is 0 Å². The summed E-state index contributed by atoms with van der Waals surface area (Å²) in [5, 5.41) is 0. The molecule has 0 saturated heterocycles. The van der Waals surface area contributed by atoms with Crippen LogP contribution in [-0.2, 0) is 0 Å². The molecule has 0 aliphatic rings. The summed E-state index contributed by atoms with van der Waals surface area (Å²) in [4.78, 5) is 0. The van der Waals surface area contributed by atoms with Crippen LogP contribution in [-0.4, -0.2) is 18.6 Å². The van der Waals surface area contributed by atoms with Gasteiger partial charge >= 0.3 is 0 Å². The average Bonchev–Trinajstić information content (AvgIpc) is 2.13. The van der Waals surface area contributed by atoms with E-state index in [1.165, 1.54) is 0 Å². The van der Waals surface area contributed by atoms with Crippen molar-refractivity contribution in [3.05, 3.63) is 30.3 Å². The van der Waals surface area contributed by atoms with Gasteiger partial charge < -0.3 is 4.74 Å². The molecule has 1 nitrogen and oxygen atoms in total. The predicted molar refractivity (Wildman–Crippen MR) is 66.6 cm³/mol. The molecule has 0 fully saturated rings. The first-order valence-corrected chi connectivity index (χ1v) is 8.27. The maximum absolute atomic E-state index is 5.91. The first kappa shape index (κ1) is 12.0. The molecule has 1 aromatic rings. The van der Waals surface area contributed by atoms with Crippen LogP contribution >= 0.6 is 29.8 Å². The van der Waals surface area contributed by atoms with Gasteiger partial charge in [0.25, 0.3) is 0 Å². The molecule has 1 rings (SSSR count). The normalized spacial score (nSPS) is 12.5. The lowest BCUT2D eigenvalue weighted by atomic mass is 10.3. The second kappa shape index (κ2) is 5.74. The van der Waals surface area contributed by atoms with Gasteiger partial charge in [0.2, 0.25) is 0 Å². The molecule has 0 bridgehead atoms. The van der Waals surface area contributed by atoms with E-state index < -0.39 is 8.46 Å². The highest BCUT2D eigenvalue weighted by Crippen LogP contribution is 2.54. The van der Waals surface area contributed by atoms with Gasteiger partial charge in [0, 0.05) is 5.75 Å². The largest absolute Gasteiger partial charge is 0.494 e. The Labute approximate surface area is 95.7 Å². The molecule has 0 heterocycles. The molecule has 0 radical (unpaired) electrons. The molecule has 0 N–H and O–H groups in total. The first-order chi connectivity index (χ1) is 6.58. The van der Waals surface area contributed by atoms with Gasteiger partial charge in [-0.3, -0.25) is 0 Å².